The molecule has 16 N–H and O–H groups in total. The first-order valence-corrected chi connectivity index (χ1v) is 16.9. The van der Waals surface area contributed by atoms with Crippen molar-refractivity contribution in [1.29, 1.82) is 0 Å². The number of carboxylic acids is 2. The third-order valence-corrected chi connectivity index (χ3v) is 7.17. The van der Waals surface area contributed by atoms with Gasteiger partial charge in [-0.3, -0.25) is 43.3 Å². The maximum absolute atomic E-state index is 13.4. The van der Waals surface area contributed by atoms with Crippen LogP contribution in [0.2, 0.25) is 0 Å². The Hall–Kier alpha value is -5.54. The van der Waals surface area contributed by atoms with Crippen molar-refractivity contribution in [2.45, 2.75) is 103 Å². The van der Waals surface area contributed by atoms with Crippen LogP contribution in [0.5, 0.6) is 0 Å². The minimum Gasteiger partial charge on any atom is -0.481 e. The number of aliphatic imine (C=N–C) groups is 1. The molecule has 0 aliphatic carbocycles. The molecule has 22 nitrogen and oxygen atoms in total. The normalized spacial score (nSPS) is 13.6. The van der Waals surface area contributed by atoms with Crippen molar-refractivity contribution < 1.29 is 53.4 Å². The fraction of sp³-hybridized carbons (Fsp3) is 0.677. The summed E-state index contributed by atoms with van der Waals surface area (Å²) in [6.07, 6.45) is -0.902. The fourth-order valence-corrected chi connectivity index (χ4v) is 4.60. The topological polar surface area (TPSA) is 383 Å². The quantitative estimate of drug-likeness (QED) is 0.0225. The number of aliphatic carboxylic acids is 2. The summed E-state index contributed by atoms with van der Waals surface area (Å²) in [6.45, 7) is 5.94. The van der Waals surface area contributed by atoms with Gasteiger partial charge in [-0.05, 0) is 43.9 Å². The lowest BCUT2D eigenvalue weighted by atomic mass is 10.0. The van der Waals surface area contributed by atoms with Gasteiger partial charge in [-0.25, -0.2) is 4.79 Å². The molecule has 0 unspecified atom stereocenters. The molecular weight excluding hydrogens is 702 g/mol. The number of hydrogen-bond acceptors (Lipinski definition) is 11. The van der Waals surface area contributed by atoms with Gasteiger partial charge in [0.15, 0.2) is 5.96 Å². The van der Waals surface area contributed by atoms with Crippen molar-refractivity contribution in [1.82, 2.24) is 31.9 Å². The van der Waals surface area contributed by atoms with Gasteiger partial charge in [-0.2, -0.15) is 0 Å². The summed E-state index contributed by atoms with van der Waals surface area (Å²) in [5.74, 6) is -8.84. The number of carbonyl (C=O) groups excluding carboxylic acids is 7. The zero-order chi connectivity index (χ0) is 40.8. The predicted octanol–water partition coefficient (Wildman–Crippen LogP) is -4.54. The lowest BCUT2D eigenvalue weighted by Crippen LogP contribution is -2.57. The van der Waals surface area contributed by atoms with Crippen LogP contribution in [0.3, 0.4) is 0 Å². The third kappa shape index (κ3) is 22.1. The van der Waals surface area contributed by atoms with Crippen LogP contribution < -0.4 is 54.8 Å². The average Bonchev–Trinajstić information content (AvgIpc) is 3.03. The van der Waals surface area contributed by atoms with Gasteiger partial charge in [0.25, 0.3) is 0 Å². The van der Waals surface area contributed by atoms with Gasteiger partial charge in [-0.1, -0.05) is 27.7 Å². The molecular formula is C31H55N11O11. The van der Waals surface area contributed by atoms with Crippen molar-refractivity contribution in [2.75, 3.05) is 19.6 Å². The van der Waals surface area contributed by atoms with E-state index in [1.54, 1.807) is 27.7 Å². The molecule has 0 aliphatic heterocycles. The molecule has 22 heteroatoms. The van der Waals surface area contributed by atoms with E-state index >= 15 is 0 Å². The van der Waals surface area contributed by atoms with Crippen molar-refractivity contribution >= 4 is 59.2 Å². The van der Waals surface area contributed by atoms with Crippen molar-refractivity contribution in [3.8, 4) is 0 Å². The van der Waals surface area contributed by atoms with E-state index in [1.165, 1.54) is 0 Å². The van der Waals surface area contributed by atoms with E-state index in [1.807, 2.05) is 0 Å². The van der Waals surface area contributed by atoms with E-state index < -0.39 is 103 Å². The number of nitrogens with zero attached hydrogens (tertiary/aromatic N) is 1. The van der Waals surface area contributed by atoms with Crippen molar-refractivity contribution in [3.63, 3.8) is 0 Å². The van der Waals surface area contributed by atoms with Gasteiger partial charge in [0, 0.05) is 13.0 Å². The second kappa shape index (κ2) is 24.6. The highest BCUT2D eigenvalue weighted by atomic mass is 16.4. The third-order valence-electron chi connectivity index (χ3n) is 7.17. The highest BCUT2D eigenvalue weighted by molar-refractivity contribution is 5.95. The summed E-state index contributed by atoms with van der Waals surface area (Å²) in [7, 11) is 0. The van der Waals surface area contributed by atoms with Gasteiger partial charge in [0.2, 0.25) is 41.4 Å². The summed E-state index contributed by atoms with van der Waals surface area (Å²) < 4.78 is 0. The zero-order valence-corrected chi connectivity index (χ0v) is 30.4. The van der Waals surface area contributed by atoms with E-state index in [-0.39, 0.29) is 62.9 Å². The summed E-state index contributed by atoms with van der Waals surface area (Å²) in [5, 5.41) is 32.7. The molecule has 0 aliphatic rings. The van der Waals surface area contributed by atoms with Crippen LogP contribution >= 0.6 is 0 Å². The highest BCUT2D eigenvalue weighted by Crippen LogP contribution is 2.09. The standard InChI is InChI=1S/C31H55N11O11/c1-15(2)10-20(42-26(48)17(32)12-25(46)47)27(49)38-13-23(44)37-14-24(45)39-21(11-16(3)4)29(51)40-18(6-5-9-36-31(34)35)28(50)41-19(30(52)53)7-8-22(33)43/h15-21H,5-14,32H2,1-4H3,(H2,33,43)(H,37,44)(H,38,49)(H,39,45)(H,40,51)(H,41,50)(H,42,48)(H,46,47)(H,52,53)(H4,34,35,36)/t17-,18-,19-,20-,21-/m0/s1. The number of nitrogens with two attached hydrogens (primary N) is 4. The minimum atomic E-state index is -1.49. The Morgan fingerprint density at radius 2 is 1.13 bits per heavy atom. The Kier molecular flexibility index (Phi) is 22.0. The molecule has 7 amide bonds. The monoisotopic (exact) mass is 757 g/mol. The Balaban J connectivity index is 5.53. The van der Waals surface area contributed by atoms with Gasteiger partial charge in [0.05, 0.1) is 25.6 Å². The summed E-state index contributed by atoms with van der Waals surface area (Å²) in [5.41, 5.74) is 21.3. The molecule has 0 fully saturated rings. The van der Waals surface area contributed by atoms with Gasteiger partial charge in [-0.15, -0.1) is 0 Å². The number of hydrogen-bond donors (Lipinski definition) is 12. The predicted molar refractivity (Wildman–Crippen MR) is 189 cm³/mol. The molecule has 53 heavy (non-hydrogen) atoms. The van der Waals surface area contributed by atoms with Gasteiger partial charge < -0.3 is 65.0 Å². The number of nitrogens with one attached hydrogen (secondary N) is 6. The van der Waals surface area contributed by atoms with E-state index in [0.29, 0.717) is 0 Å². The molecule has 0 saturated heterocycles. The SMILES string of the molecule is CC(C)C[C@H](NC(=O)CNC(=O)CNC(=O)[C@H](CC(C)C)NC(=O)[C@@H](N)CC(=O)O)C(=O)N[C@@H](CCCN=C(N)N)C(=O)N[C@@H](CCC(N)=O)C(=O)O. The lowest BCUT2D eigenvalue weighted by molar-refractivity contribution is -0.142. The lowest BCUT2D eigenvalue weighted by Gasteiger charge is -2.25. The maximum Gasteiger partial charge on any atom is 0.326 e. The van der Waals surface area contributed by atoms with E-state index in [0.717, 1.165) is 0 Å². The molecule has 0 bridgehead atoms. The van der Waals surface area contributed by atoms with Crippen molar-refractivity contribution in [2.24, 2.45) is 39.8 Å². The van der Waals surface area contributed by atoms with Crippen LogP contribution in [0.25, 0.3) is 0 Å². The van der Waals surface area contributed by atoms with E-state index in [4.69, 9.17) is 28.0 Å². The van der Waals surface area contributed by atoms with Crippen LogP contribution in [0.1, 0.15) is 72.6 Å². The largest absolute Gasteiger partial charge is 0.481 e. The molecule has 0 aromatic rings. The first kappa shape index (κ1) is 47.5. The van der Waals surface area contributed by atoms with E-state index in [2.05, 4.69) is 36.9 Å². The first-order chi connectivity index (χ1) is 24.6. The van der Waals surface area contributed by atoms with E-state index in [9.17, 15) is 48.3 Å². The molecule has 0 saturated carbocycles. The Morgan fingerprint density at radius 1 is 0.623 bits per heavy atom. The molecule has 0 heterocycles. The average molecular weight is 758 g/mol. The highest BCUT2D eigenvalue weighted by Gasteiger charge is 2.30. The summed E-state index contributed by atoms with van der Waals surface area (Å²) >= 11 is 0. The van der Waals surface area contributed by atoms with Gasteiger partial charge in [0.1, 0.15) is 24.2 Å². The van der Waals surface area contributed by atoms with Crippen LogP contribution in [-0.2, 0) is 43.2 Å². The number of rotatable bonds is 26. The van der Waals surface area contributed by atoms with Crippen molar-refractivity contribution in [3.05, 3.63) is 0 Å². The zero-order valence-electron chi connectivity index (χ0n) is 30.4. The molecule has 0 spiro atoms. The van der Waals surface area contributed by atoms with Crippen LogP contribution in [0.15, 0.2) is 4.99 Å². The molecule has 5 atom stereocenters. The second-order valence-corrected chi connectivity index (χ2v) is 13.1. The fourth-order valence-electron chi connectivity index (χ4n) is 4.60. The number of carbonyl (C=O) groups is 9. The number of carboxylic acid groups (broad SMARTS) is 2. The summed E-state index contributed by atoms with van der Waals surface area (Å²) in [4.78, 5) is 114. The number of primary amides is 1. The molecule has 0 radical (unpaired) electrons. The smallest absolute Gasteiger partial charge is 0.326 e. The molecule has 0 rings (SSSR count). The maximum atomic E-state index is 13.4. The number of amides is 7. The van der Waals surface area contributed by atoms with Gasteiger partial charge >= 0.3 is 11.9 Å². The molecule has 300 valence electrons. The molecule has 0 aromatic heterocycles. The first-order valence-electron chi connectivity index (χ1n) is 16.9. The molecule has 0 aromatic carbocycles. The Labute approximate surface area is 306 Å². The Morgan fingerprint density at radius 3 is 1.64 bits per heavy atom. The minimum absolute atomic E-state index is 0.0442. The van der Waals surface area contributed by atoms with Crippen LogP contribution in [0, 0.1) is 11.8 Å². The van der Waals surface area contributed by atoms with Crippen LogP contribution in [-0.4, -0.2) is 119 Å². The van der Waals surface area contributed by atoms with Crippen LogP contribution in [0.4, 0.5) is 0 Å². The number of guanidine groups is 1. The Bertz CT molecular complexity index is 1340. The summed E-state index contributed by atoms with van der Waals surface area (Å²) in [6, 6.07) is -6.53. The second-order valence-electron chi connectivity index (χ2n) is 13.1.